The number of benzene rings is 2. The molecule has 0 N–H and O–H groups in total. The second-order valence-corrected chi connectivity index (χ2v) is 20.3. The standard InChI is InChI=1S/2C13H13.C2H6Si.2ClH.Hf/c2*1-2-11-8-9-13(10-11)12-6-4-3-5-7-12;1-3-2;;;/h2*3-7,10H,2,9H2,1H3;1-2H3;2*1H;/q2*-1;;;;+2/p-2. The van der Waals surface area contributed by atoms with Crippen molar-refractivity contribution in [3.63, 3.8) is 0 Å². The van der Waals surface area contributed by atoms with Gasteiger partial charge in [0, 0.05) is 0 Å². The number of hydrogen-bond donors (Lipinski definition) is 0. The molecular weight excluding hydrogens is 614 g/mol. The minimum atomic E-state index is 0. The second-order valence-electron chi connectivity index (χ2n) is 7.54. The molecular formula is C28H32Cl2HfSi-2. The average Bonchev–Trinajstić information content (AvgIpc) is 3.45. The van der Waals surface area contributed by atoms with Crippen LogP contribution in [0.4, 0.5) is 0 Å². The van der Waals surface area contributed by atoms with Gasteiger partial charge in [-0.25, -0.2) is 23.3 Å². The molecule has 0 saturated carbocycles. The van der Waals surface area contributed by atoms with Gasteiger partial charge in [0.25, 0.3) is 0 Å². The number of hydrogen-bond acceptors (Lipinski definition) is 0. The van der Waals surface area contributed by atoms with E-state index < -0.39 is 0 Å². The Balaban J connectivity index is 0.000000490. The fourth-order valence-electron chi connectivity index (χ4n) is 3.17. The Morgan fingerprint density at radius 2 is 1.00 bits per heavy atom. The van der Waals surface area contributed by atoms with Crippen LogP contribution in [0.15, 0.2) is 84.0 Å². The topological polar surface area (TPSA) is 0 Å². The van der Waals surface area contributed by atoms with Crippen LogP contribution in [-0.4, -0.2) is 5.49 Å². The minimum absolute atomic E-state index is 0. The van der Waals surface area contributed by atoms with E-state index in [2.05, 4.69) is 112 Å². The van der Waals surface area contributed by atoms with E-state index in [-0.39, 0.29) is 30.3 Å². The summed E-state index contributed by atoms with van der Waals surface area (Å²) in [6.45, 7) is 9.01. The van der Waals surface area contributed by atoms with E-state index >= 15 is 0 Å². The Morgan fingerprint density at radius 3 is 1.25 bits per heavy atom. The first kappa shape index (κ1) is 31.1. The van der Waals surface area contributed by atoms with Crippen LogP contribution >= 0.6 is 0 Å². The molecule has 32 heavy (non-hydrogen) atoms. The summed E-state index contributed by atoms with van der Waals surface area (Å²) in [5, 5.41) is 0. The first-order valence-corrected chi connectivity index (χ1v) is 18.7. The second kappa shape index (κ2) is 17.5. The molecule has 0 atom stereocenters. The van der Waals surface area contributed by atoms with E-state index in [9.17, 15) is 0 Å². The van der Waals surface area contributed by atoms with Crippen LogP contribution in [0.25, 0.3) is 11.1 Å². The van der Waals surface area contributed by atoms with E-state index in [0.717, 1.165) is 25.7 Å². The minimum Gasteiger partial charge on any atom is -1.00 e. The summed E-state index contributed by atoms with van der Waals surface area (Å²) in [6, 6.07) is 21.1. The predicted octanol–water partition coefficient (Wildman–Crippen LogP) is 2.02. The summed E-state index contributed by atoms with van der Waals surface area (Å²) in [7, 11) is 0. The van der Waals surface area contributed by atoms with Crippen molar-refractivity contribution in [2.24, 2.45) is 0 Å². The van der Waals surface area contributed by atoms with Crippen molar-refractivity contribution in [1.29, 1.82) is 0 Å². The Labute approximate surface area is 222 Å². The van der Waals surface area contributed by atoms with Crippen LogP contribution in [0.2, 0.25) is 13.1 Å². The van der Waals surface area contributed by atoms with Gasteiger partial charge in [-0.1, -0.05) is 87.4 Å². The van der Waals surface area contributed by atoms with E-state index in [1.54, 1.807) is 0 Å². The molecule has 0 amide bonds. The normalized spacial score (nSPS) is 13.4. The number of allylic oxidation sites excluding steroid dienone is 8. The molecule has 0 aliphatic heterocycles. The van der Waals surface area contributed by atoms with Gasteiger partial charge in [-0.05, 0) is 11.1 Å². The Hall–Kier alpha value is -0.933. The maximum absolute atomic E-state index is 3.38. The van der Waals surface area contributed by atoms with Crippen molar-refractivity contribution in [3.05, 3.63) is 107 Å². The third-order valence-corrected chi connectivity index (χ3v) is 4.76. The zero-order valence-corrected chi connectivity index (χ0v) is 25.6. The van der Waals surface area contributed by atoms with Crippen molar-refractivity contribution in [3.8, 4) is 0 Å². The Bertz CT molecular complexity index is 864. The Morgan fingerprint density at radius 1 is 0.688 bits per heavy atom. The molecule has 2 aromatic rings. The van der Waals surface area contributed by atoms with Gasteiger partial charge in [-0.15, -0.1) is 24.0 Å². The Kier molecular flexibility index (Phi) is 17.0. The largest absolute Gasteiger partial charge is 1.00 e. The molecule has 0 bridgehead atoms. The van der Waals surface area contributed by atoms with Crippen LogP contribution in [-0.2, 0) is 23.0 Å². The summed E-state index contributed by atoms with van der Waals surface area (Å²) in [5.41, 5.74) is 8.42. The SMILES string of the molecule is CCC1=[C-]CC(c2ccccc2)=C1.CCC1=[C-]CC(c2ccccc2)=C1.C[Si](C)=[Hf+2].[Cl-].[Cl-]. The van der Waals surface area contributed by atoms with Crippen LogP contribution < -0.4 is 24.8 Å². The molecule has 4 heteroatoms. The first-order chi connectivity index (χ1) is 14.5. The summed E-state index contributed by atoms with van der Waals surface area (Å²) < 4.78 is 0. The van der Waals surface area contributed by atoms with Crippen LogP contribution in [0.3, 0.4) is 0 Å². The molecule has 0 saturated heterocycles. The van der Waals surface area contributed by atoms with Crippen molar-refractivity contribution >= 4 is 16.6 Å². The zero-order valence-electron chi connectivity index (χ0n) is 19.5. The van der Waals surface area contributed by atoms with Gasteiger partial charge >= 0.3 is 41.6 Å². The van der Waals surface area contributed by atoms with Gasteiger partial charge in [-0.3, -0.25) is 12.2 Å². The van der Waals surface area contributed by atoms with Crippen molar-refractivity contribution < 1.29 is 47.8 Å². The monoisotopic (exact) mass is 646 g/mol. The van der Waals surface area contributed by atoms with Gasteiger partial charge in [-0.2, -0.15) is 0 Å². The molecule has 0 heterocycles. The maximum Gasteiger partial charge on any atom is -1.00 e. The molecule has 0 fully saturated rings. The van der Waals surface area contributed by atoms with Gasteiger partial charge in [0.05, 0.1) is 0 Å². The van der Waals surface area contributed by atoms with Crippen molar-refractivity contribution in [2.75, 3.05) is 0 Å². The zero-order chi connectivity index (χ0) is 21.8. The van der Waals surface area contributed by atoms with Crippen LogP contribution in [0.5, 0.6) is 0 Å². The number of halogens is 2. The van der Waals surface area contributed by atoms with E-state index in [0.29, 0.717) is 0 Å². The quantitative estimate of drug-likeness (QED) is 0.353. The predicted molar refractivity (Wildman–Crippen MR) is 130 cm³/mol. The molecule has 2 aliphatic carbocycles. The smallest absolute Gasteiger partial charge is 1.00 e. The van der Waals surface area contributed by atoms with E-state index in [4.69, 9.17) is 0 Å². The molecule has 0 nitrogen and oxygen atoms in total. The van der Waals surface area contributed by atoms with Gasteiger partial charge < -0.3 is 24.8 Å². The summed E-state index contributed by atoms with van der Waals surface area (Å²) in [6.07, 6.45) is 15.4. The molecule has 168 valence electrons. The molecule has 4 rings (SSSR count). The van der Waals surface area contributed by atoms with Gasteiger partial charge in [0.15, 0.2) is 0 Å². The molecule has 0 spiro atoms. The van der Waals surface area contributed by atoms with Crippen molar-refractivity contribution in [2.45, 2.75) is 52.6 Å². The van der Waals surface area contributed by atoms with Crippen molar-refractivity contribution in [1.82, 2.24) is 0 Å². The van der Waals surface area contributed by atoms with Gasteiger partial charge in [0.1, 0.15) is 0 Å². The fraction of sp³-hybridized carbons (Fsp3) is 0.286. The van der Waals surface area contributed by atoms with E-state index in [1.165, 1.54) is 56.4 Å². The number of rotatable bonds is 4. The summed E-state index contributed by atoms with van der Waals surface area (Å²) >= 11 is 1.45. The molecule has 2 aliphatic rings. The molecule has 0 unspecified atom stereocenters. The average molecular weight is 646 g/mol. The van der Waals surface area contributed by atoms with Crippen LogP contribution in [0, 0.1) is 12.2 Å². The maximum atomic E-state index is 3.38. The van der Waals surface area contributed by atoms with E-state index in [1.807, 2.05) is 0 Å². The molecule has 0 aromatic heterocycles. The third kappa shape index (κ3) is 11.3. The third-order valence-electron chi connectivity index (χ3n) is 4.76. The molecule has 0 radical (unpaired) electrons. The summed E-state index contributed by atoms with van der Waals surface area (Å²) in [4.78, 5) is 0. The van der Waals surface area contributed by atoms with Crippen LogP contribution in [0.1, 0.15) is 50.7 Å². The van der Waals surface area contributed by atoms with Gasteiger partial charge in [0.2, 0.25) is 0 Å². The molecule has 2 aromatic carbocycles. The summed E-state index contributed by atoms with van der Waals surface area (Å²) in [5.74, 6) is 0. The first-order valence-electron chi connectivity index (χ1n) is 10.8. The fourth-order valence-corrected chi connectivity index (χ4v) is 3.17.